The number of nitrogens with zero attached hydrogens (tertiary/aromatic N) is 4. The van der Waals surface area contributed by atoms with Crippen LogP contribution in [0.25, 0.3) is 10.8 Å². The van der Waals surface area contributed by atoms with Gasteiger partial charge in [0.2, 0.25) is 5.89 Å². The molecule has 0 bridgehead atoms. The van der Waals surface area contributed by atoms with Gasteiger partial charge in [0.25, 0.3) is 5.89 Å². The van der Waals surface area contributed by atoms with Crippen molar-refractivity contribution < 1.29 is 4.42 Å². The number of likely N-dealkylation sites (tertiary alicyclic amines) is 1. The average Bonchev–Trinajstić information content (AvgIpc) is 3.28. The van der Waals surface area contributed by atoms with Gasteiger partial charge in [0, 0.05) is 23.5 Å². The first-order chi connectivity index (χ1) is 11.3. The number of aryl methyl sites for hydroxylation is 1. The molecule has 1 aliphatic heterocycles. The van der Waals surface area contributed by atoms with Gasteiger partial charge in [0.15, 0.2) is 0 Å². The maximum Gasteiger partial charge on any atom is 0.257 e. The van der Waals surface area contributed by atoms with Crippen molar-refractivity contribution in [3.8, 4) is 10.8 Å². The number of piperidine rings is 1. The molecule has 5 nitrogen and oxygen atoms in total. The van der Waals surface area contributed by atoms with Crippen molar-refractivity contribution in [2.24, 2.45) is 0 Å². The number of thiophene rings is 1. The second kappa shape index (κ2) is 6.51. The van der Waals surface area contributed by atoms with Gasteiger partial charge in [-0.2, -0.15) is 0 Å². The second-order valence-electron chi connectivity index (χ2n) is 5.86. The Morgan fingerprint density at radius 3 is 3.13 bits per heavy atom. The first-order valence-electron chi connectivity index (χ1n) is 7.79. The maximum atomic E-state index is 5.81. The van der Waals surface area contributed by atoms with Crippen LogP contribution in [-0.2, 0) is 6.54 Å². The standard InChI is InChI=1S/C16H18N4OS2/c1-11-8-17-16(23-11)12-4-2-6-20(9-12)10-14-18-19-15(21-14)13-5-3-7-22-13/h3,5,7-8,12H,2,4,6,9-10H2,1H3/t12-/m0/s1. The summed E-state index contributed by atoms with van der Waals surface area (Å²) < 4.78 is 5.81. The van der Waals surface area contributed by atoms with Crippen LogP contribution in [0.2, 0.25) is 0 Å². The molecule has 1 atom stereocenters. The Morgan fingerprint density at radius 1 is 1.39 bits per heavy atom. The molecule has 0 saturated carbocycles. The summed E-state index contributed by atoms with van der Waals surface area (Å²) in [6.45, 7) is 4.94. The van der Waals surface area contributed by atoms with Crippen LogP contribution in [0.15, 0.2) is 28.1 Å². The van der Waals surface area contributed by atoms with E-state index in [9.17, 15) is 0 Å². The highest BCUT2D eigenvalue weighted by molar-refractivity contribution is 7.13. The Morgan fingerprint density at radius 2 is 2.35 bits per heavy atom. The third-order valence-corrected chi connectivity index (χ3v) is 5.98. The summed E-state index contributed by atoms with van der Waals surface area (Å²) in [4.78, 5) is 9.27. The Kier molecular flexibility index (Phi) is 4.24. The lowest BCUT2D eigenvalue weighted by Gasteiger charge is -2.30. The number of rotatable bonds is 4. The van der Waals surface area contributed by atoms with E-state index >= 15 is 0 Å². The summed E-state index contributed by atoms with van der Waals surface area (Å²) in [5, 5.41) is 11.6. The van der Waals surface area contributed by atoms with Crippen LogP contribution in [0.3, 0.4) is 0 Å². The van der Waals surface area contributed by atoms with E-state index in [1.165, 1.54) is 22.7 Å². The molecule has 0 spiro atoms. The number of hydrogen-bond donors (Lipinski definition) is 0. The van der Waals surface area contributed by atoms with Crippen molar-refractivity contribution in [3.05, 3.63) is 39.5 Å². The molecule has 1 saturated heterocycles. The van der Waals surface area contributed by atoms with Crippen molar-refractivity contribution >= 4 is 22.7 Å². The Bertz CT molecular complexity index is 765. The van der Waals surface area contributed by atoms with E-state index in [1.807, 2.05) is 35.0 Å². The summed E-state index contributed by atoms with van der Waals surface area (Å²) in [5.74, 6) is 1.85. The smallest absolute Gasteiger partial charge is 0.257 e. The van der Waals surface area contributed by atoms with E-state index in [4.69, 9.17) is 4.42 Å². The van der Waals surface area contributed by atoms with Crippen molar-refractivity contribution in [2.45, 2.75) is 32.2 Å². The molecule has 1 fully saturated rings. The average molecular weight is 346 g/mol. The lowest BCUT2D eigenvalue weighted by molar-refractivity contribution is 0.184. The molecule has 3 aromatic rings. The lowest BCUT2D eigenvalue weighted by atomic mass is 9.99. The van der Waals surface area contributed by atoms with Crippen molar-refractivity contribution in [3.63, 3.8) is 0 Å². The molecule has 3 aromatic heterocycles. The molecule has 0 amide bonds. The van der Waals surface area contributed by atoms with Gasteiger partial charge >= 0.3 is 0 Å². The molecular weight excluding hydrogens is 328 g/mol. The summed E-state index contributed by atoms with van der Waals surface area (Å²) in [6.07, 6.45) is 4.38. The van der Waals surface area contributed by atoms with Gasteiger partial charge in [0.05, 0.1) is 16.4 Å². The predicted octanol–water partition coefficient (Wildman–Crippen LogP) is 3.94. The molecule has 0 N–H and O–H groups in total. The van der Waals surface area contributed by atoms with E-state index in [0.29, 0.717) is 17.7 Å². The van der Waals surface area contributed by atoms with Gasteiger partial charge < -0.3 is 4.42 Å². The zero-order valence-corrected chi connectivity index (χ0v) is 14.6. The zero-order valence-electron chi connectivity index (χ0n) is 12.9. The van der Waals surface area contributed by atoms with Gasteiger partial charge in [0.1, 0.15) is 0 Å². The highest BCUT2D eigenvalue weighted by Crippen LogP contribution is 2.30. The topological polar surface area (TPSA) is 55.1 Å². The van der Waals surface area contributed by atoms with E-state index < -0.39 is 0 Å². The van der Waals surface area contributed by atoms with Gasteiger partial charge in [-0.25, -0.2) is 4.98 Å². The summed E-state index contributed by atoms with van der Waals surface area (Å²) in [7, 11) is 0. The van der Waals surface area contributed by atoms with Gasteiger partial charge in [-0.3, -0.25) is 4.90 Å². The van der Waals surface area contributed by atoms with Crippen LogP contribution in [0.4, 0.5) is 0 Å². The fourth-order valence-corrected chi connectivity index (χ4v) is 4.51. The van der Waals surface area contributed by atoms with Gasteiger partial charge in [-0.1, -0.05) is 6.07 Å². The summed E-state index contributed by atoms with van der Waals surface area (Å²) >= 11 is 3.44. The molecule has 4 heterocycles. The number of hydrogen-bond acceptors (Lipinski definition) is 7. The first kappa shape index (κ1) is 15.0. The van der Waals surface area contributed by atoms with E-state index in [2.05, 4.69) is 27.0 Å². The van der Waals surface area contributed by atoms with Crippen LogP contribution < -0.4 is 0 Å². The number of thiazole rings is 1. The maximum absolute atomic E-state index is 5.81. The molecule has 0 radical (unpaired) electrons. The van der Waals surface area contributed by atoms with E-state index in [0.717, 1.165) is 24.5 Å². The van der Waals surface area contributed by atoms with Crippen molar-refractivity contribution in [2.75, 3.05) is 13.1 Å². The molecular formula is C16H18N4OS2. The van der Waals surface area contributed by atoms with Crippen LogP contribution in [0.1, 0.15) is 34.5 Å². The molecule has 4 rings (SSSR count). The first-order valence-corrected chi connectivity index (χ1v) is 9.48. The Balaban J connectivity index is 1.42. The quantitative estimate of drug-likeness (QED) is 0.716. The molecule has 1 aliphatic rings. The predicted molar refractivity (Wildman–Crippen MR) is 91.7 cm³/mol. The fraction of sp³-hybridized carbons (Fsp3) is 0.438. The highest BCUT2D eigenvalue weighted by Gasteiger charge is 2.24. The Labute approximate surface area is 143 Å². The molecule has 0 unspecified atom stereocenters. The SMILES string of the molecule is Cc1cnc([C@H]2CCCN(Cc3nnc(-c4cccs4)o3)C2)s1. The van der Waals surface area contributed by atoms with Gasteiger partial charge in [-0.05, 0) is 37.8 Å². The molecule has 120 valence electrons. The zero-order chi connectivity index (χ0) is 15.6. The highest BCUT2D eigenvalue weighted by atomic mass is 32.1. The fourth-order valence-electron chi connectivity index (χ4n) is 2.97. The molecule has 23 heavy (non-hydrogen) atoms. The van der Waals surface area contributed by atoms with Crippen LogP contribution in [0, 0.1) is 6.92 Å². The summed E-state index contributed by atoms with van der Waals surface area (Å²) in [5.41, 5.74) is 0. The second-order valence-corrected chi connectivity index (χ2v) is 8.08. The molecule has 0 aromatic carbocycles. The third-order valence-electron chi connectivity index (χ3n) is 4.05. The van der Waals surface area contributed by atoms with E-state index in [-0.39, 0.29) is 0 Å². The molecule has 0 aliphatic carbocycles. The van der Waals surface area contributed by atoms with Crippen molar-refractivity contribution in [1.29, 1.82) is 0 Å². The van der Waals surface area contributed by atoms with Crippen LogP contribution in [-0.4, -0.2) is 33.2 Å². The molecule has 7 heteroatoms. The minimum atomic E-state index is 0.530. The van der Waals surface area contributed by atoms with Crippen molar-refractivity contribution in [1.82, 2.24) is 20.1 Å². The van der Waals surface area contributed by atoms with E-state index in [1.54, 1.807) is 11.3 Å². The summed E-state index contributed by atoms with van der Waals surface area (Å²) in [6, 6.07) is 4.00. The van der Waals surface area contributed by atoms with Gasteiger partial charge in [-0.15, -0.1) is 32.9 Å². The van der Waals surface area contributed by atoms with Crippen LogP contribution >= 0.6 is 22.7 Å². The normalized spacial score (nSPS) is 19.3. The Hall–Kier alpha value is -1.57. The van der Waals surface area contributed by atoms with Crippen LogP contribution in [0.5, 0.6) is 0 Å². The number of aromatic nitrogens is 3. The minimum absolute atomic E-state index is 0.530. The third kappa shape index (κ3) is 3.36. The minimum Gasteiger partial charge on any atom is -0.419 e. The largest absolute Gasteiger partial charge is 0.419 e. The lowest BCUT2D eigenvalue weighted by Crippen LogP contribution is -2.33. The monoisotopic (exact) mass is 346 g/mol.